The third-order valence-electron chi connectivity index (χ3n) is 4.07. The number of anilines is 1. The van der Waals surface area contributed by atoms with E-state index in [-0.39, 0.29) is 18.0 Å². The van der Waals surface area contributed by atoms with Gasteiger partial charge in [0, 0.05) is 38.4 Å². The van der Waals surface area contributed by atoms with Gasteiger partial charge in [-0.3, -0.25) is 9.69 Å². The molecular weight excluding hydrogens is 377 g/mol. The number of hydrogen-bond acceptors (Lipinski definition) is 5. The van der Waals surface area contributed by atoms with E-state index in [2.05, 4.69) is 9.88 Å². The normalized spacial score (nSPS) is 18.7. The SMILES string of the molecule is C[C@@H]1CN(Cc2ccc(NC(=O)C(F)(F)F)nc2)CCN1C(=O)OC(C)(C)C. The van der Waals surface area contributed by atoms with Crippen molar-refractivity contribution in [1.82, 2.24) is 14.8 Å². The molecule has 0 unspecified atom stereocenters. The number of rotatable bonds is 3. The number of hydrogen-bond donors (Lipinski definition) is 1. The van der Waals surface area contributed by atoms with Crippen LogP contribution in [0.2, 0.25) is 0 Å². The fourth-order valence-corrected chi connectivity index (χ4v) is 2.81. The molecule has 2 heterocycles. The number of nitrogens with one attached hydrogen (secondary N) is 1. The third kappa shape index (κ3) is 6.36. The van der Waals surface area contributed by atoms with E-state index in [0.29, 0.717) is 26.2 Å². The number of aromatic nitrogens is 1. The molecule has 0 aliphatic carbocycles. The molecule has 1 fully saturated rings. The summed E-state index contributed by atoms with van der Waals surface area (Å²) in [5.74, 6) is -2.21. The second-order valence-electron chi connectivity index (χ2n) is 7.76. The van der Waals surface area contributed by atoms with Crippen molar-refractivity contribution in [2.75, 3.05) is 25.0 Å². The highest BCUT2D eigenvalue weighted by Gasteiger charge is 2.39. The topological polar surface area (TPSA) is 74.8 Å². The number of pyridine rings is 1. The molecule has 0 radical (unpaired) electrons. The molecular formula is C18H25F3N4O3. The van der Waals surface area contributed by atoms with Gasteiger partial charge in [0.05, 0.1) is 0 Å². The molecule has 0 bridgehead atoms. The van der Waals surface area contributed by atoms with Gasteiger partial charge in [-0.1, -0.05) is 6.07 Å². The number of amides is 2. The molecule has 1 aliphatic heterocycles. The van der Waals surface area contributed by atoms with E-state index >= 15 is 0 Å². The van der Waals surface area contributed by atoms with Crippen LogP contribution in [0.25, 0.3) is 0 Å². The number of carbonyl (C=O) groups is 2. The van der Waals surface area contributed by atoms with Crippen molar-refractivity contribution in [2.24, 2.45) is 0 Å². The van der Waals surface area contributed by atoms with Crippen molar-refractivity contribution in [3.8, 4) is 0 Å². The number of nitrogens with zero attached hydrogens (tertiary/aromatic N) is 3. The Morgan fingerprint density at radius 3 is 2.43 bits per heavy atom. The van der Waals surface area contributed by atoms with Gasteiger partial charge in [0.1, 0.15) is 11.4 Å². The fraction of sp³-hybridized carbons (Fsp3) is 0.611. The van der Waals surface area contributed by atoms with E-state index in [1.54, 1.807) is 16.3 Å². The van der Waals surface area contributed by atoms with E-state index < -0.39 is 17.7 Å². The summed E-state index contributed by atoms with van der Waals surface area (Å²) in [7, 11) is 0. The van der Waals surface area contributed by atoms with Crippen LogP contribution in [-0.4, -0.2) is 64.2 Å². The molecule has 0 spiro atoms. The minimum atomic E-state index is -4.95. The van der Waals surface area contributed by atoms with E-state index in [9.17, 15) is 22.8 Å². The zero-order chi connectivity index (χ0) is 21.1. The molecule has 7 nitrogen and oxygen atoms in total. The van der Waals surface area contributed by atoms with E-state index in [0.717, 1.165) is 5.56 Å². The van der Waals surface area contributed by atoms with Crippen LogP contribution in [0, 0.1) is 0 Å². The summed E-state index contributed by atoms with van der Waals surface area (Å²) in [6, 6.07) is 2.91. The van der Waals surface area contributed by atoms with Crippen molar-refractivity contribution in [2.45, 2.75) is 52.1 Å². The molecule has 1 saturated heterocycles. The second kappa shape index (κ2) is 8.34. The molecule has 156 valence electrons. The Hall–Kier alpha value is -2.36. The van der Waals surface area contributed by atoms with Crippen LogP contribution in [0.15, 0.2) is 18.3 Å². The molecule has 0 aromatic carbocycles. The Labute approximate surface area is 161 Å². The van der Waals surface area contributed by atoms with Gasteiger partial charge in [0.25, 0.3) is 0 Å². The lowest BCUT2D eigenvalue weighted by Crippen LogP contribution is -2.54. The van der Waals surface area contributed by atoms with E-state index in [1.165, 1.54) is 12.3 Å². The quantitative estimate of drug-likeness (QED) is 0.841. The summed E-state index contributed by atoms with van der Waals surface area (Å²) in [6.07, 6.45) is -3.87. The Bertz CT molecular complexity index is 702. The Balaban J connectivity index is 1.88. The van der Waals surface area contributed by atoms with Crippen LogP contribution in [0.4, 0.5) is 23.8 Å². The van der Waals surface area contributed by atoms with Gasteiger partial charge >= 0.3 is 18.2 Å². The summed E-state index contributed by atoms with van der Waals surface area (Å²) in [5, 5.41) is 1.71. The van der Waals surface area contributed by atoms with Crippen molar-refractivity contribution in [1.29, 1.82) is 0 Å². The molecule has 2 rings (SSSR count). The van der Waals surface area contributed by atoms with Gasteiger partial charge in [-0.2, -0.15) is 13.2 Å². The first-order valence-electron chi connectivity index (χ1n) is 8.90. The monoisotopic (exact) mass is 402 g/mol. The Morgan fingerprint density at radius 1 is 1.25 bits per heavy atom. The Kier molecular flexibility index (Phi) is 6.53. The fourth-order valence-electron chi connectivity index (χ4n) is 2.81. The summed E-state index contributed by atoms with van der Waals surface area (Å²) >= 11 is 0. The first-order valence-corrected chi connectivity index (χ1v) is 8.90. The third-order valence-corrected chi connectivity index (χ3v) is 4.07. The highest BCUT2D eigenvalue weighted by molar-refractivity contribution is 5.94. The maximum atomic E-state index is 12.3. The number of halogens is 3. The largest absolute Gasteiger partial charge is 0.471 e. The second-order valence-corrected chi connectivity index (χ2v) is 7.76. The lowest BCUT2D eigenvalue weighted by molar-refractivity contribution is -0.167. The van der Waals surface area contributed by atoms with Gasteiger partial charge in [0.2, 0.25) is 0 Å². The average Bonchev–Trinajstić information content (AvgIpc) is 2.54. The van der Waals surface area contributed by atoms with Gasteiger partial charge in [-0.25, -0.2) is 9.78 Å². The molecule has 0 saturated carbocycles. The van der Waals surface area contributed by atoms with Crippen LogP contribution in [0.1, 0.15) is 33.3 Å². The molecule has 10 heteroatoms. The van der Waals surface area contributed by atoms with Crippen LogP contribution >= 0.6 is 0 Å². The maximum Gasteiger partial charge on any atom is 0.471 e. The minimum absolute atomic E-state index is 0.0399. The molecule has 1 aromatic rings. The number of piperazine rings is 1. The van der Waals surface area contributed by atoms with E-state index in [1.807, 2.05) is 27.7 Å². The van der Waals surface area contributed by atoms with Crippen molar-refractivity contribution >= 4 is 17.8 Å². The van der Waals surface area contributed by atoms with Crippen molar-refractivity contribution < 1.29 is 27.5 Å². The van der Waals surface area contributed by atoms with Crippen LogP contribution in [0.5, 0.6) is 0 Å². The predicted molar refractivity (Wildman–Crippen MR) is 96.6 cm³/mol. The van der Waals surface area contributed by atoms with Crippen molar-refractivity contribution in [3.05, 3.63) is 23.9 Å². The highest BCUT2D eigenvalue weighted by atomic mass is 19.4. The highest BCUT2D eigenvalue weighted by Crippen LogP contribution is 2.19. The van der Waals surface area contributed by atoms with Gasteiger partial charge in [-0.15, -0.1) is 0 Å². The average molecular weight is 402 g/mol. The molecule has 1 N–H and O–H groups in total. The minimum Gasteiger partial charge on any atom is -0.444 e. The summed E-state index contributed by atoms with van der Waals surface area (Å²) in [4.78, 5) is 30.8. The van der Waals surface area contributed by atoms with Crippen LogP contribution in [0.3, 0.4) is 0 Å². The zero-order valence-corrected chi connectivity index (χ0v) is 16.3. The van der Waals surface area contributed by atoms with Crippen molar-refractivity contribution in [3.63, 3.8) is 0 Å². The zero-order valence-electron chi connectivity index (χ0n) is 16.3. The lowest BCUT2D eigenvalue weighted by Gasteiger charge is -2.40. The number of carbonyl (C=O) groups excluding carboxylic acids is 2. The lowest BCUT2D eigenvalue weighted by atomic mass is 10.1. The van der Waals surface area contributed by atoms with Gasteiger partial charge < -0.3 is 15.0 Å². The molecule has 2 amide bonds. The Morgan fingerprint density at radius 2 is 1.93 bits per heavy atom. The molecule has 1 atom stereocenters. The first kappa shape index (κ1) is 21.9. The molecule has 28 heavy (non-hydrogen) atoms. The van der Waals surface area contributed by atoms with E-state index in [4.69, 9.17) is 4.74 Å². The maximum absolute atomic E-state index is 12.3. The smallest absolute Gasteiger partial charge is 0.444 e. The molecule has 1 aliphatic rings. The molecule has 1 aromatic heterocycles. The van der Waals surface area contributed by atoms with Crippen LogP contribution in [-0.2, 0) is 16.1 Å². The first-order chi connectivity index (χ1) is 12.8. The van der Waals surface area contributed by atoms with Gasteiger partial charge in [-0.05, 0) is 39.3 Å². The number of ether oxygens (including phenoxy) is 1. The number of alkyl halides is 3. The standard InChI is InChI=1S/C18H25F3N4O3/c1-12-10-24(7-8-25(12)16(27)28-17(2,3)4)11-13-5-6-14(22-9-13)23-15(26)18(19,20)21/h5-6,9,12H,7-8,10-11H2,1-4H3,(H,22,23,26)/t12-/m1/s1. The van der Waals surface area contributed by atoms with Gasteiger partial charge in [0.15, 0.2) is 0 Å². The summed E-state index contributed by atoms with van der Waals surface area (Å²) in [6.45, 7) is 9.71. The predicted octanol–water partition coefficient (Wildman–Crippen LogP) is 3.02. The summed E-state index contributed by atoms with van der Waals surface area (Å²) < 4.78 is 42.2. The summed E-state index contributed by atoms with van der Waals surface area (Å²) in [5.41, 5.74) is 0.242. The van der Waals surface area contributed by atoms with Crippen LogP contribution < -0.4 is 5.32 Å².